The van der Waals surface area contributed by atoms with Crippen molar-refractivity contribution in [2.24, 2.45) is 5.92 Å². The van der Waals surface area contributed by atoms with Crippen LogP contribution in [0.4, 0.5) is 0 Å². The highest BCUT2D eigenvalue weighted by Crippen LogP contribution is 2.35. The first-order valence-electron chi connectivity index (χ1n) is 9.07. The third-order valence-corrected chi connectivity index (χ3v) is 5.59. The molecule has 6 nitrogen and oxygen atoms in total. The topological polar surface area (TPSA) is 71.0 Å². The average Bonchev–Trinajstić information content (AvgIpc) is 2.63. The Labute approximate surface area is 150 Å². The van der Waals surface area contributed by atoms with Crippen LogP contribution < -0.4 is 11.1 Å². The van der Waals surface area contributed by atoms with E-state index in [0.29, 0.717) is 29.6 Å². The van der Waals surface area contributed by atoms with E-state index in [0.717, 1.165) is 37.3 Å². The highest BCUT2D eigenvalue weighted by Gasteiger charge is 2.34. The van der Waals surface area contributed by atoms with Gasteiger partial charge in [-0.2, -0.15) is 0 Å². The van der Waals surface area contributed by atoms with Gasteiger partial charge in [-0.3, -0.25) is 14.5 Å². The second kappa shape index (κ2) is 5.92. The molecule has 0 radical (unpaired) electrons. The van der Waals surface area contributed by atoms with Crippen molar-refractivity contribution in [1.29, 1.82) is 0 Å². The summed E-state index contributed by atoms with van der Waals surface area (Å²) in [4.78, 5) is 34.3. The number of pyridine rings is 1. The highest BCUT2D eigenvalue weighted by atomic mass is 16.1. The fourth-order valence-electron chi connectivity index (χ4n) is 4.55. The third-order valence-electron chi connectivity index (χ3n) is 5.59. The largest absolute Gasteiger partial charge is 0.312 e. The number of fused-ring (bicyclic) bond motifs is 5. The Kier molecular flexibility index (Phi) is 3.53. The molecule has 2 aliphatic heterocycles. The maximum Gasteiger partial charge on any atom is 0.258 e. The maximum atomic E-state index is 12.3. The Balaban J connectivity index is 1.43. The Morgan fingerprint density at radius 2 is 1.92 bits per heavy atom. The standard InChI is InChI=1S/C20H20N4O2/c25-19-7-3-6-17-14-8-13(10-24(17)19)9-23(11-14)12-18-21-16-5-2-1-4-15(16)20(26)22-18/h1-7,13-14H,8-12H2,(H,21,22,26)/t13-,14+/m1/s1. The minimum absolute atomic E-state index is 0.0836. The lowest BCUT2D eigenvalue weighted by Crippen LogP contribution is -2.46. The van der Waals surface area contributed by atoms with Crippen molar-refractivity contribution in [1.82, 2.24) is 19.4 Å². The molecular formula is C20H20N4O2. The molecule has 5 rings (SSSR count). The second-order valence-corrected chi connectivity index (χ2v) is 7.42. The highest BCUT2D eigenvalue weighted by molar-refractivity contribution is 5.77. The van der Waals surface area contributed by atoms with Crippen molar-refractivity contribution in [2.75, 3.05) is 13.1 Å². The van der Waals surface area contributed by atoms with Crippen molar-refractivity contribution in [3.63, 3.8) is 0 Å². The number of aromatic nitrogens is 3. The number of para-hydroxylation sites is 1. The number of H-pyrrole nitrogens is 1. The smallest absolute Gasteiger partial charge is 0.258 e. The molecule has 6 heteroatoms. The van der Waals surface area contributed by atoms with E-state index in [1.165, 1.54) is 0 Å². The summed E-state index contributed by atoms with van der Waals surface area (Å²) < 4.78 is 1.94. The molecule has 132 valence electrons. The zero-order valence-corrected chi connectivity index (χ0v) is 14.4. The zero-order valence-electron chi connectivity index (χ0n) is 14.4. The molecular weight excluding hydrogens is 328 g/mol. The molecule has 4 heterocycles. The van der Waals surface area contributed by atoms with Crippen LogP contribution in [-0.4, -0.2) is 32.5 Å². The summed E-state index contributed by atoms with van der Waals surface area (Å²) in [7, 11) is 0. The van der Waals surface area contributed by atoms with Crippen molar-refractivity contribution in [2.45, 2.75) is 25.4 Å². The predicted octanol–water partition coefficient (Wildman–Crippen LogP) is 1.70. The third kappa shape index (κ3) is 2.57. The summed E-state index contributed by atoms with van der Waals surface area (Å²) in [6.45, 7) is 3.22. The van der Waals surface area contributed by atoms with E-state index in [2.05, 4.69) is 20.9 Å². The summed E-state index contributed by atoms with van der Waals surface area (Å²) in [6, 6.07) is 13.0. The lowest BCUT2D eigenvalue weighted by Gasteiger charge is -2.42. The molecule has 0 unspecified atom stereocenters. The van der Waals surface area contributed by atoms with Gasteiger partial charge in [0.15, 0.2) is 0 Å². The summed E-state index contributed by atoms with van der Waals surface area (Å²) in [5.41, 5.74) is 1.89. The molecule has 1 N–H and O–H groups in total. The number of nitrogens with one attached hydrogen (secondary N) is 1. The molecule has 2 aromatic heterocycles. The number of likely N-dealkylation sites (tertiary alicyclic amines) is 1. The first kappa shape index (κ1) is 15.5. The number of aromatic amines is 1. The van der Waals surface area contributed by atoms with Gasteiger partial charge in [-0.25, -0.2) is 4.98 Å². The molecule has 0 amide bonds. The molecule has 1 aromatic carbocycles. The van der Waals surface area contributed by atoms with E-state index in [9.17, 15) is 9.59 Å². The van der Waals surface area contributed by atoms with Gasteiger partial charge in [0.05, 0.1) is 17.4 Å². The van der Waals surface area contributed by atoms with Gasteiger partial charge in [0.2, 0.25) is 0 Å². The molecule has 0 aliphatic carbocycles. The molecule has 26 heavy (non-hydrogen) atoms. The maximum absolute atomic E-state index is 12.3. The second-order valence-electron chi connectivity index (χ2n) is 7.42. The Hall–Kier alpha value is -2.73. The van der Waals surface area contributed by atoms with Crippen molar-refractivity contribution in [3.05, 3.63) is 74.7 Å². The number of hydrogen-bond donors (Lipinski definition) is 1. The minimum Gasteiger partial charge on any atom is -0.312 e. The predicted molar refractivity (Wildman–Crippen MR) is 99.2 cm³/mol. The van der Waals surface area contributed by atoms with Crippen LogP contribution >= 0.6 is 0 Å². The zero-order chi connectivity index (χ0) is 17.7. The van der Waals surface area contributed by atoms with E-state index in [4.69, 9.17) is 0 Å². The lowest BCUT2D eigenvalue weighted by molar-refractivity contribution is 0.112. The Bertz CT molecular complexity index is 1100. The number of hydrogen-bond acceptors (Lipinski definition) is 4. The molecule has 1 saturated heterocycles. The van der Waals surface area contributed by atoms with Crippen LogP contribution in [0, 0.1) is 5.92 Å². The van der Waals surface area contributed by atoms with Gasteiger partial charge in [0, 0.05) is 37.3 Å². The van der Waals surface area contributed by atoms with Gasteiger partial charge in [0.25, 0.3) is 11.1 Å². The SMILES string of the molecule is O=c1[nH]c(CN2C[C@H]3C[C@@H](C2)c2cccc(=O)n2C3)nc2ccccc12. The van der Waals surface area contributed by atoms with Crippen molar-refractivity contribution >= 4 is 10.9 Å². The quantitative estimate of drug-likeness (QED) is 0.765. The molecule has 1 fully saturated rings. The van der Waals surface area contributed by atoms with Gasteiger partial charge >= 0.3 is 0 Å². The first-order valence-corrected chi connectivity index (χ1v) is 9.07. The van der Waals surface area contributed by atoms with Crippen LogP contribution in [-0.2, 0) is 13.1 Å². The molecule has 0 spiro atoms. The monoisotopic (exact) mass is 348 g/mol. The summed E-state index contributed by atoms with van der Waals surface area (Å²) in [5.74, 6) is 1.54. The van der Waals surface area contributed by atoms with Gasteiger partial charge in [-0.1, -0.05) is 18.2 Å². The van der Waals surface area contributed by atoms with E-state index in [1.807, 2.05) is 28.8 Å². The average molecular weight is 348 g/mol. The molecule has 2 aliphatic rings. The Morgan fingerprint density at radius 3 is 2.85 bits per heavy atom. The van der Waals surface area contributed by atoms with E-state index in [-0.39, 0.29) is 11.1 Å². The normalized spacial score (nSPS) is 22.3. The van der Waals surface area contributed by atoms with Crippen molar-refractivity contribution in [3.8, 4) is 0 Å². The van der Waals surface area contributed by atoms with Gasteiger partial charge < -0.3 is 9.55 Å². The number of nitrogens with zero attached hydrogens (tertiary/aromatic N) is 3. The Morgan fingerprint density at radius 1 is 1.04 bits per heavy atom. The van der Waals surface area contributed by atoms with E-state index < -0.39 is 0 Å². The van der Waals surface area contributed by atoms with Crippen LogP contribution in [0.5, 0.6) is 0 Å². The van der Waals surface area contributed by atoms with Gasteiger partial charge in [-0.05, 0) is 30.5 Å². The van der Waals surface area contributed by atoms with Crippen LogP contribution in [0.25, 0.3) is 10.9 Å². The van der Waals surface area contributed by atoms with Crippen LogP contribution in [0.3, 0.4) is 0 Å². The number of benzene rings is 1. The molecule has 2 atom stereocenters. The molecule has 2 bridgehead atoms. The summed E-state index contributed by atoms with van der Waals surface area (Å²) in [5, 5.41) is 0.625. The van der Waals surface area contributed by atoms with Crippen LogP contribution in [0.2, 0.25) is 0 Å². The fourth-order valence-corrected chi connectivity index (χ4v) is 4.55. The van der Waals surface area contributed by atoms with E-state index in [1.54, 1.807) is 12.1 Å². The number of rotatable bonds is 2. The molecule has 0 saturated carbocycles. The lowest BCUT2D eigenvalue weighted by atomic mass is 9.83. The first-order chi connectivity index (χ1) is 12.7. The van der Waals surface area contributed by atoms with Gasteiger partial charge in [-0.15, -0.1) is 0 Å². The van der Waals surface area contributed by atoms with Crippen LogP contribution in [0.15, 0.2) is 52.1 Å². The van der Waals surface area contributed by atoms with E-state index >= 15 is 0 Å². The van der Waals surface area contributed by atoms with Crippen molar-refractivity contribution < 1.29 is 0 Å². The number of piperidine rings is 1. The fraction of sp³-hybridized carbons (Fsp3) is 0.350. The van der Waals surface area contributed by atoms with Crippen LogP contribution in [0.1, 0.15) is 23.9 Å². The summed E-state index contributed by atoms with van der Waals surface area (Å²) >= 11 is 0. The summed E-state index contributed by atoms with van der Waals surface area (Å²) in [6.07, 6.45) is 1.13. The minimum atomic E-state index is -0.0836. The molecule has 3 aromatic rings. The van der Waals surface area contributed by atoms with Gasteiger partial charge in [0.1, 0.15) is 5.82 Å².